The zero-order valence-corrected chi connectivity index (χ0v) is 11.1. The predicted molar refractivity (Wildman–Crippen MR) is 65.8 cm³/mol. The van der Waals surface area contributed by atoms with Crippen molar-refractivity contribution in [2.24, 2.45) is 18.4 Å². The number of carbonyl (C=O) groups excluding carboxylic acids is 1. The second-order valence-electron chi connectivity index (χ2n) is 6.50. The molecule has 0 aliphatic heterocycles. The van der Waals surface area contributed by atoms with E-state index >= 15 is 0 Å². The zero-order chi connectivity index (χ0) is 12.4. The van der Waals surface area contributed by atoms with Crippen molar-refractivity contribution in [2.45, 2.75) is 45.4 Å². The molecule has 92 valence electrons. The number of hydrogen-bond acceptors (Lipinski definition) is 2. The molecule has 0 aromatic carbocycles. The number of fused-ring (bicyclic) bond motifs is 3. The average molecular weight is 232 g/mol. The highest BCUT2D eigenvalue weighted by Crippen LogP contribution is 2.56. The van der Waals surface area contributed by atoms with E-state index in [1.54, 1.807) is 0 Å². The number of hydrogen-bond donors (Lipinski definition) is 0. The molecule has 17 heavy (non-hydrogen) atoms. The Kier molecular flexibility index (Phi) is 1.94. The van der Waals surface area contributed by atoms with Gasteiger partial charge in [-0.15, -0.1) is 0 Å². The minimum absolute atomic E-state index is 0.105. The molecule has 0 saturated heterocycles. The van der Waals surface area contributed by atoms with Crippen LogP contribution in [0.1, 0.15) is 44.9 Å². The molecule has 0 amide bonds. The first kappa shape index (κ1) is 11.0. The summed E-state index contributed by atoms with van der Waals surface area (Å²) in [6, 6.07) is 0. The number of carbonyl (C=O) groups is 1. The lowest BCUT2D eigenvalue weighted by Gasteiger charge is -2.45. The number of Topliss-reactive ketones (excluding diaryl/α,β-unsaturated/α-hetero) is 1. The SMILES string of the molecule is Cn1cc2c(n1)[C@@]1(C)CCC(=O)C(C)(C)[C@H]1C2. The summed E-state index contributed by atoms with van der Waals surface area (Å²) in [6.07, 6.45) is 4.80. The van der Waals surface area contributed by atoms with Crippen LogP contribution in [0.15, 0.2) is 6.20 Å². The van der Waals surface area contributed by atoms with Crippen molar-refractivity contribution in [3.63, 3.8) is 0 Å². The van der Waals surface area contributed by atoms with Gasteiger partial charge in [0.2, 0.25) is 0 Å². The molecule has 3 heteroatoms. The normalized spacial score (nSPS) is 34.6. The Balaban J connectivity index is 2.12. The van der Waals surface area contributed by atoms with Crippen LogP contribution in [-0.2, 0) is 23.7 Å². The minimum atomic E-state index is -0.195. The van der Waals surface area contributed by atoms with Gasteiger partial charge in [0.15, 0.2) is 0 Å². The van der Waals surface area contributed by atoms with Gasteiger partial charge in [0.25, 0.3) is 0 Å². The standard InChI is InChI=1S/C14H20N2O/c1-13(2)10-7-9-8-16(4)15-12(9)14(10,3)6-5-11(13)17/h8,10H,5-7H2,1-4H3/t10-,14+/m1/s1. The zero-order valence-electron chi connectivity index (χ0n) is 11.1. The highest BCUT2D eigenvalue weighted by molar-refractivity contribution is 5.86. The van der Waals surface area contributed by atoms with E-state index in [9.17, 15) is 4.79 Å². The third kappa shape index (κ3) is 1.23. The molecule has 1 heterocycles. The lowest BCUT2D eigenvalue weighted by atomic mass is 9.57. The van der Waals surface area contributed by atoms with Gasteiger partial charge in [-0.05, 0) is 24.3 Å². The summed E-state index contributed by atoms with van der Waals surface area (Å²) < 4.78 is 1.91. The summed E-state index contributed by atoms with van der Waals surface area (Å²) in [6.45, 7) is 6.53. The highest BCUT2D eigenvalue weighted by Gasteiger charge is 2.56. The molecule has 2 atom stereocenters. The van der Waals surface area contributed by atoms with E-state index in [1.165, 1.54) is 11.3 Å². The molecule has 0 spiro atoms. The van der Waals surface area contributed by atoms with Crippen LogP contribution in [0.4, 0.5) is 0 Å². The minimum Gasteiger partial charge on any atom is -0.299 e. The topological polar surface area (TPSA) is 34.9 Å². The quantitative estimate of drug-likeness (QED) is 0.687. The van der Waals surface area contributed by atoms with Gasteiger partial charge in [-0.25, -0.2) is 0 Å². The molecule has 1 saturated carbocycles. The van der Waals surface area contributed by atoms with E-state index in [2.05, 4.69) is 32.1 Å². The molecule has 1 fully saturated rings. The molecule has 2 aliphatic rings. The molecule has 1 aromatic heterocycles. The Morgan fingerprint density at radius 1 is 1.41 bits per heavy atom. The molecule has 0 N–H and O–H groups in total. The molecule has 0 bridgehead atoms. The Morgan fingerprint density at radius 2 is 2.12 bits per heavy atom. The molecule has 0 radical (unpaired) electrons. The van der Waals surface area contributed by atoms with Gasteiger partial charge in [-0.2, -0.15) is 5.10 Å². The van der Waals surface area contributed by atoms with Crippen molar-refractivity contribution in [1.82, 2.24) is 9.78 Å². The van der Waals surface area contributed by atoms with Crippen molar-refractivity contribution in [1.29, 1.82) is 0 Å². The molecule has 2 aliphatic carbocycles. The van der Waals surface area contributed by atoms with E-state index in [-0.39, 0.29) is 10.8 Å². The maximum atomic E-state index is 12.1. The smallest absolute Gasteiger partial charge is 0.138 e. The summed E-state index contributed by atoms with van der Waals surface area (Å²) in [5.74, 6) is 0.851. The summed E-state index contributed by atoms with van der Waals surface area (Å²) >= 11 is 0. The molecule has 1 aromatic rings. The molecule has 0 unspecified atom stereocenters. The van der Waals surface area contributed by atoms with Crippen LogP contribution in [-0.4, -0.2) is 15.6 Å². The molecular weight excluding hydrogens is 212 g/mol. The van der Waals surface area contributed by atoms with Crippen molar-refractivity contribution >= 4 is 5.78 Å². The van der Waals surface area contributed by atoms with Crippen molar-refractivity contribution in [2.75, 3.05) is 0 Å². The summed E-state index contributed by atoms with van der Waals surface area (Å²) in [4.78, 5) is 12.1. The van der Waals surface area contributed by atoms with Gasteiger partial charge >= 0.3 is 0 Å². The van der Waals surface area contributed by atoms with E-state index in [1.807, 2.05) is 11.7 Å². The second kappa shape index (κ2) is 3.01. The first-order valence-electron chi connectivity index (χ1n) is 6.42. The monoisotopic (exact) mass is 232 g/mol. The van der Waals surface area contributed by atoms with Crippen LogP contribution in [0.3, 0.4) is 0 Å². The number of aryl methyl sites for hydroxylation is 1. The lowest BCUT2D eigenvalue weighted by Crippen LogP contribution is -2.48. The van der Waals surface area contributed by atoms with Crippen LogP contribution in [0.5, 0.6) is 0 Å². The van der Waals surface area contributed by atoms with Crippen LogP contribution in [0, 0.1) is 11.3 Å². The Bertz CT molecular complexity index is 500. The van der Waals surface area contributed by atoms with Crippen LogP contribution in [0.25, 0.3) is 0 Å². The first-order valence-corrected chi connectivity index (χ1v) is 6.42. The van der Waals surface area contributed by atoms with Gasteiger partial charge < -0.3 is 0 Å². The molecule has 3 rings (SSSR count). The number of nitrogens with zero attached hydrogens (tertiary/aromatic N) is 2. The van der Waals surface area contributed by atoms with Crippen molar-refractivity contribution < 1.29 is 4.79 Å². The maximum absolute atomic E-state index is 12.1. The van der Waals surface area contributed by atoms with Gasteiger partial charge in [0.05, 0.1) is 5.69 Å². The Labute approximate surface area is 102 Å². The summed E-state index contributed by atoms with van der Waals surface area (Å²) in [5.41, 5.74) is 2.50. The summed E-state index contributed by atoms with van der Waals surface area (Å²) in [5, 5.41) is 4.64. The van der Waals surface area contributed by atoms with Gasteiger partial charge in [-0.3, -0.25) is 9.48 Å². The van der Waals surface area contributed by atoms with E-state index in [0.717, 1.165) is 12.8 Å². The molecule has 3 nitrogen and oxygen atoms in total. The van der Waals surface area contributed by atoms with Gasteiger partial charge in [-0.1, -0.05) is 20.8 Å². The Morgan fingerprint density at radius 3 is 2.82 bits per heavy atom. The van der Waals surface area contributed by atoms with Gasteiger partial charge in [0.1, 0.15) is 5.78 Å². The Hall–Kier alpha value is -1.12. The van der Waals surface area contributed by atoms with E-state index in [0.29, 0.717) is 18.1 Å². The lowest BCUT2D eigenvalue weighted by molar-refractivity contribution is -0.135. The van der Waals surface area contributed by atoms with Crippen molar-refractivity contribution in [3.8, 4) is 0 Å². The largest absolute Gasteiger partial charge is 0.299 e. The average Bonchev–Trinajstić information content (AvgIpc) is 2.72. The van der Waals surface area contributed by atoms with Crippen LogP contribution < -0.4 is 0 Å². The fourth-order valence-corrected chi connectivity index (χ4v) is 4.01. The third-order valence-corrected chi connectivity index (χ3v) is 5.10. The highest BCUT2D eigenvalue weighted by atomic mass is 16.1. The third-order valence-electron chi connectivity index (χ3n) is 5.10. The second-order valence-corrected chi connectivity index (χ2v) is 6.50. The fourth-order valence-electron chi connectivity index (χ4n) is 4.01. The van der Waals surface area contributed by atoms with E-state index in [4.69, 9.17) is 0 Å². The summed E-state index contributed by atoms with van der Waals surface area (Å²) in [7, 11) is 1.98. The van der Waals surface area contributed by atoms with E-state index < -0.39 is 0 Å². The number of aromatic nitrogens is 2. The number of ketones is 1. The van der Waals surface area contributed by atoms with Crippen LogP contribution >= 0.6 is 0 Å². The van der Waals surface area contributed by atoms with Gasteiger partial charge in [0, 0.05) is 30.5 Å². The van der Waals surface area contributed by atoms with Crippen LogP contribution in [0.2, 0.25) is 0 Å². The first-order chi connectivity index (χ1) is 7.85. The fraction of sp³-hybridized carbons (Fsp3) is 0.714. The van der Waals surface area contributed by atoms with Crippen molar-refractivity contribution in [3.05, 3.63) is 17.5 Å². The number of rotatable bonds is 0. The molecular formula is C14H20N2O. The predicted octanol–water partition coefficient (Wildman–Crippen LogP) is 2.24. The maximum Gasteiger partial charge on any atom is 0.138 e.